The lowest BCUT2D eigenvalue weighted by Gasteiger charge is -1.95. The quantitative estimate of drug-likeness (QED) is 0.707. The Bertz CT molecular complexity index is 470. The summed E-state index contributed by atoms with van der Waals surface area (Å²) in [6.07, 6.45) is 3.21. The van der Waals surface area contributed by atoms with Crippen molar-refractivity contribution in [2.45, 2.75) is 19.8 Å². The predicted octanol–water partition coefficient (Wildman–Crippen LogP) is 0.599. The van der Waals surface area contributed by atoms with Gasteiger partial charge in [0.15, 0.2) is 11.2 Å². The summed E-state index contributed by atoms with van der Waals surface area (Å²) in [7, 11) is 0. The van der Waals surface area contributed by atoms with E-state index in [1.165, 1.54) is 6.33 Å². The lowest BCUT2D eigenvalue weighted by atomic mass is 10.3. The Morgan fingerprint density at radius 3 is 3.15 bits per heavy atom. The van der Waals surface area contributed by atoms with Crippen LogP contribution in [-0.4, -0.2) is 19.9 Å². The molecule has 2 N–H and O–H groups in total. The Hall–Kier alpha value is -1.65. The van der Waals surface area contributed by atoms with Crippen LogP contribution in [0, 0.1) is 0 Å². The molecule has 68 valence electrons. The molecule has 0 aromatic carbocycles. The number of nitrogens with one attached hydrogen (secondary N) is 2. The first-order chi connectivity index (χ1) is 6.31. The van der Waals surface area contributed by atoms with Crippen molar-refractivity contribution in [2.75, 3.05) is 0 Å². The molecule has 0 spiro atoms. The molecule has 2 heterocycles. The number of hydrogen-bond donors (Lipinski definition) is 2. The van der Waals surface area contributed by atoms with Gasteiger partial charge in [0.2, 0.25) is 0 Å². The van der Waals surface area contributed by atoms with Crippen LogP contribution in [0.1, 0.15) is 19.2 Å². The minimum atomic E-state index is -0.147. The second kappa shape index (κ2) is 3.01. The Morgan fingerprint density at radius 1 is 1.54 bits per heavy atom. The average Bonchev–Trinajstić information content (AvgIpc) is 2.53. The van der Waals surface area contributed by atoms with Crippen LogP contribution in [0.3, 0.4) is 0 Å². The molecule has 13 heavy (non-hydrogen) atoms. The number of aromatic amines is 2. The van der Waals surface area contributed by atoms with Crippen LogP contribution in [0.2, 0.25) is 0 Å². The largest absolute Gasteiger partial charge is 0.339 e. The first-order valence-corrected chi connectivity index (χ1v) is 4.23. The molecule has 0 saturated carbocycles. The number of aromatic nitrogens is 4. The first-order valence-electron chi connectivity index (χ1n) is 4.23. The summed E-state index contributed by atoms with van der Waals surface area (Å²) in [5, 5.41) is 0. The number of hydrogen-bond acceptors (Lipinski definition) is 3. The molecule has 0 bridgehead atoms. The van der Waals surface area contributed by atoms with Crippen molar-refractivity contribution in [2.24, 2.45) is 0 Å². The van der Waals surface area contributed by atoms with E-state index in [9.17, 15) is 4.79 Å². The normalized spacial score (nSPS) is 10.8. The van der Waals surface area contributed by atoms with Gasteiger partial charge in [0.1, 0.15) is 5.82 Å². The lowest BCUT2D eigenvalue weighted by molar-refractivity contribution is 0.835. The topological polar surface area (TPSA) is 74.4 Å². The molecule has 0 atom stereocenters. The van der Waals surface area contributed by atoms with Crippen molar-refractivity contribution >= 4 is 11.2 Å². The maximum Gasteiger partial charge on any atom is 0.276 e. The van der Waals surface area contributed by atoms with E-state index in [1.807, 2.05) is 6.92 Å². The molecule has 0 aliphatic rings. The van der Waals surface area contributed by atoms with Crippen molar-refractivity contribution in [3.63, 3.8) is 0 Å². The second-order valence-corrected chi connectivity index (χ2v) is 2.86. The van der Waals surface area contributed by atoms with Crippen molar-refractivity contribution < 1.29 is 0 Å². The molecule has 2 aromatic heterocycles. The zero-order chi connectivity index (χ0) is 9.26. The highest BCUT2D eigenvalue weighted by atomic mass is 16.1. The van der Waals surface area contributed by atoms with E-state index in [1.54, 1.807) is 0 Å². The molecule has 5 heteroatoms. The van der Waals surface area contributed by atoms with Crippen LogP contribution in [0.15, 0.2) is 11.1 Å². The van der Waals surface area contributed by atoms with E-state index in [-0.39, 0.29) is 5.56 Å². The van der Waals surface area contributed by atoms with Crippen molar-refractivity contribution in [3.8, 4) is 0 Å². The third-order valence-corrected chi connectivity index (χ3v) is 1.83. The van der Waals surface area contributed by atoms with E-state index >= 15 is 0 Å². The van der Waals surface area contributed by atoms with Crippen LogP contribution >= 0.6 is 0 Å². The third kappa shape index (κ3) is 1.32. The summed E-state index contributed by atoms with van der Waals surface area (Å²) < 4.78 is 0. The van der Waals surface area contributed by atoms with Gasteiger partial charge in [-0.1, -0.05) is 6.92 Å². The maximum absolute atomic E-state index is 11.4. The summed E-state index contributed by atoms with van der Waals surface area (Å²) in [6.45, 7) is 2.04. The number of imidazole rings is 1. The fraction of sp³-hybridized carbons (Fsp3) is 0.375. The lowest BCUT2D eigenvalue weighted by Crippen LogP contribution is -2.11. The molecule has 0 unspecified atom stereocenters. The summed E-state index contributed by atoms with van der Waals surface area (Å²) >= 11 is 0. The summed E-state index contributed by atoms with van der Waals surface area (Å²) in [5.74, 6) is 0.701. The maximum atomic E-state index is 11.4. The number of aryl methyl sites for hydroxylation is 1. The second-order valence-electron chi connectivity index (χ2n) is 2.86. The highest BCUT2D eigenvalue weighted by Gasteiger charge is 2.03. The fourth-order valence-electron chi connectivity index (χ4n) is 1.24. The molecule has 2 aromatic rings. The van der Waals surface area contributed by atoms with Gasteiger partial charge in [0, 0.05) is 6.42 Å². The van der Waals surface area contributed by atoms with Crippen LogP contribution in [0.5, 0.6) is 0 Å². The number of fused-ring (bicyclic) bond motifs is 1. The van der Waals surface area contributed by atoms with Crippen LogP contribution in [0.25, 0.3) is 11.2 Å². The minimum Gasteiger partial charge on any atom is -0.339 e. The molecule has 0 amide bonds. The smallest absolute Gasteiger partial charge is 0.276 e. The minimum absolute atomic E-state index is 0.147. The van der Waals surface area contributed by atoms with Gasteiger partial charge >= 0.3 is 0 Å². The van der Waals surface area contributed by atoms with E-state index in [0.29, 0.717) is 17.0 Å². The fourth-order valence-corrected chi connectivity index (χ4v) is 1.24. The number of rotatable bonds is 2. The van der Waals surface area contributed by atoms with Crippen LogP contribution in [-0.2, 0) is 6.42 Å². The molecule has 2 rings (SSSR count). The number of nitrogens with zero attached hydrogens (tertiary/aromatic N) is 2. The molecule has 0 fully saturated rings. The van der Waals surface area contributed by atoms with Crippen LogP contribution in [0.4, 0.5) is 0 Å². The summed E-state index contributed by atoms with van der Waals surface area (Å²) in [5.41, 5.74) is 0.790. The van der Waals surface area contributed by atoms with Crippen molar-refractivity contribution in [3.05, 3.63) is 22.5 Å². The average molecular weight is 178 g/mol. The van der Waals surface area contributed by atoms with E-state index in [0.717, 1.165) is 12.8 Å². The van der Waals surface area contributed by atoms with Gasteiger partial charge in [-0.3, -0.25) is 4.79 Å². The van der Waals surface area contributed by atoms with E-state index < -0.39 is 0 Å². The molecular weight excluding hydrogens is 168 g/mol. The van der Waals surface area contributed by atoms with Gasteiger partial charge in [0.05, 0.1) is 6.33 Å². The van der Waals surface area contributed by atoms with E-state index in [2.05, 4.69) is 19.9 Å². The highest BCUT2D eigenvalue weighted by Crippen LogP contribution is 2.00. The zero-order valence-corrected chi connectivity index (χ0v) is 7.29. The van der Waals surface area contributed by atoms with Gasteiger partial charge < -0.3 is 9.97 Å². The Labute approximate surface area is 74.2 Å². The third-order valence-electron chi connectivity index (χ3n) is 1.83. The highest BCUT2D eigenvalue weighted by molar-refractivity contribution is 5.67. The molecule has 0 aliphatic heterocycles. The van der Waals surface area contributed by atoms with Gasteiger partial charge in [-0.25, -0.2) is 9.97 Å². The Balaban J connectivity index is 2.63. The van der Waals surface area contributed by atoms with Crippen molar-refractivity contribution in [1.82, 2.24) is 19.9 Å². The standard InChI is InChI=1S/C8H10N4O/c1-2-3-5-11-7-6(8(13)12-5)9-4-10-7/h4H,2-3H2,1H3,(H2,9,10,11,12,13). The number of H-pyrrole nitrogens is 2. The predicted molar refractivity (Wildman–Crippen MR) is 48.5 cm³/mol. The zero-order valence-electron chi connectivity index (χ0n) is 7.29. The monoisotopic (exact) mass is 178 g/mol. The molecule has 0 aliphatic carbocycles. The SMILES string of the molecule is CCCc1nc2nc[nH]c2c(=O)[nH]1. The molecule has 0 radical (unpaired) electrons. The van der Waals surface area contributed by atoms with Gasteiger partial charge in [-0.05, 0) is 6.42 Å². The molecule has 0 saturated heterocycles. The van der Waals surface area contributed by atoms with Gasteiger partial charge in [-0.2, -0.15) is 0 Å². The van der Waals surface area contributed by atoms with Gasteiger partial charge in [-0.15, -0.1) is 0 Å². The van der Waals surface area contributed by atoms with Crippen LogP contribution < -0.4 is 5.56 Å². The Kier molecular flexibility index (Phi) is 1.84. The van der Waals surface area contributed by atoms with Crippen molar-refractivity contribution in [1.29, 1.82) is 0 Å². The summed E-state index contributed by atoms with van der Waals surface area (Å²) in [4.78, 5) is 24.9. The van der Waals surface area contributed by atoms with Gasteiger partial charge in [0.25, 0.3) is 5.56 Å². The molecule has 5 nitrogen and oxygen atoms in total. The Morgan fingerprint density at radius 2 is 2.38 bits per heavy atom. The van der Waals surface area contributed by atoms with E-state index in [4.69, 9.17) is 0 Å². The first kappa shape index (κ1) is 7.97. The molecular formula is C8H10N4O. The summed E-state index contributed by atoms with van der Waals surface area (Å²) in [6, 6.07) is 0.